The van der Waals surface area contributed by atoms with Crippen LogP contribution in [0.2, 0.25) is 0 Å². The van der Waals surface area contributed by atoms with Crippen molar-refractivity contribution >= 4 is 11.6 Å². The molecule has 1 unspecified atom stereocenters. The van der Waals surface area contributed by atoms with Crippen LogP contribution in [-0.4, -0.2) is 29.5 Å². The molecule has 5 nitrogen and oxygen atoms in total. The van der Waals surface area contributed by atoms with Crippen molar-refractivity contribution in [2.24, 2.45) is 11.3 Å². The zero-order valence-electron chi connectivity index (χ0n) is 14.2. The maximum atomic E-state index is 12.4. The van der Waals surface area contributed by atoms with Gasteiger partial charge in [0.05, 0.1) is 11.9 Å². The summed E-state index contributed by atoms with van der Waals surface area (Å²) >= 11 is 0. The Morgan fingerprint density at radius 3 is 2.38 bits per heavy atom. The van der Waals surface area contributed by atoms with Crippen molar-refractivity contribution in [3.8, 4) is 0 Å². The molecular weight excluding hydrogens is 264 g/mol. The number of carbonyl (C=O) groups excluding carboxylic acids is 1. The van der Waals surface area contributed by atoms with Crippen LogP contribution in [0.25, 0.3) is 0 Å². The Morgan fingerprint density at radius 1 is 1.29 bits per heavy atom. The second kappa shape index (κ2) is 6.87. The van der Waals surface area contributed by atoms with Crippen LogP contribution in [0, 0.1) is 11.3 Å². The molecule has 1 aromatic rings. The van der Waals surface area contributed by atoms with Gasteiger partial charge in [0.25, 0.3) is 5.91 Å². The van der Waals surface area contributed by atoms with Crippen molar-refractivity contribution in [3.63, 3.8) is 0 Å². The Labute approximate surface area is 128 Å². The first-order valence-electron chi connectivity index (χ1n) is 7.49. The lowest BCUT2D eigenvalue weighted by Gasteiger charge is -2.27. The lowest BCUT2D eigenvalue weighted by Crippen LogP contribution is -2.34. The van der Waals surface area contributed by atoms with E-state index in [2.05, 4.69) is 48.3 Å². The molecule has 0 bridgehead atoms. The quantitative estimate of drug-likeness (QED) is 0.875. The van der Waals surface area contributed by atoms with E-state index in [1.807, 2.05) is 13.8 Å². The summed E-state index contributed by atoms with van der Waals surface area (Å²) in [5.41, 5.74) is 1.23. The molecule has 21 heavy (non-hydrogen) atoms. The summed E-state index contributed by atoms with van der Waals surface area (Å²) in [5, 5.41) is 5.95. The molecule has 0 spiro atoms. The van der Waals surface area contributed by atoms with Crippen LogP contribution in [0.3, 0.4) is 0 Å². The molecule has 0 saturated carbocycles. The monoisotopic (exact) mass is 292 g/mol. The SMILES string of the molecule is CNc1cnc(C(C)C)nc1C(=O)NCC(C)C(C)(C)C. The number of nitrogens with one attached hydrogen (secondary N) is 2. The van der Waals surface area contributed by atoms with Gasteiger partial charge in [-0.15, -0.1) is 0 Å². The molecule has 0 radical (unpaired) electrons. The van der Waals surface area contributed by atoms with E-state index in [0.717, 1.165) is 0 Å². The fourth-order valence-electron chi connectivity index (χ4n) is 1.67. The topological polar surface area (TPSA) is 66.9 Å². The Morgan fingerprint density at radius 2 is 1.90 bits per heavy atom. The van der Waals surface area contributed by atoms with Crippen LogP contribution >= 0.6 is 0 Å². The number of anilines is 1. The molecule has 0 aliphatic carbocycles. The lowest BCUT2D eigenvalue weighted by molar-refractivity contribution is 0.0932. The highest BCUT2D eigenvalue weighted by Gasteiger charge is 2.22. The van der Waals surface area contributed by atoms with Crippen molar-refractivity contribution in [1.29, 1.82) is 0 Å². The van der Waals surface area contributed by atoms with Crippen LogP contribution in [0.15, 0.2) is 6.20 Å². The van der Waals surface area contributed by atoms with E-state index in [1.165, 1.54) is 0 Å². The first kappa shape index (κ1) is 17.4. The number of amides is 1. The predicted molar refractivity (Wildman–Crippen MR) is 86.6 cm³/mol. The molecular formula is C16H28N4O. The highest BCUT2D eigenvalue weighted by atomic mass is 16.1. The Hall–Kier alpha value is -1.65. The van der Waals surface area contributed by atoms with E-state index in [9.17, 15) is 4.79 Å². The molecule has 0 fully saturated rings. The second-order valence-corrected chi connectivity index (χ2v) is 6.87. The van der Waals surface area contributed by atoms with Gasteiger partial charge in [-0.3, -0.25) is 4.79 Å². The normalized spacial score (nSPS) is 13.1. The molecule has 1 atom stereocenters. The minimum absolute atomic E-state index is 0.153. The van der Waals surface area contributed by atoms with Gasteiger partial charge >= 0.3 is 0 Å². The van der Waals surface area contributed by atoms with Crippen molar-refractivity contribution in [1.82, 2.24) is 15.3 Å². The van der Waals surface area contributed by atoms with E-state index in [4.69, 9.17) is 0 Å². The molecule has 5 heteroatoms. The molecule has 0 aliphatic rings. The van der Waals surface area contributed by atoms with Gasteiger partial charge in [-0.1, -0.05) is 41.5 Å². The third-order valence-electron chi connectivity index (χ3n) is 3.86. The number of carbonyl (C=O) groups is 1. The zero-order valence-corrected chi connectivity index (χ0v) is 14.2. The lowest BCUT2D eigenvalue weighted by atomic mass is 9.82. The summed E-state index contributed by atoms with van der Waals surface area (Å²) in [6.45, 7) is 13.3. The van der Waals surface area contributed by atoms with Gasteiger partial charge in [-0.05, 0) is 11.3 Å². The number of hydrogen-bond acceptors (Lipinski definition) is 4. The maximum Gasteiger partial charge on any atom is 0.272 e. The first-order valence-corrected chi connectivity index (χ1v) is 7.49. The molecule has 1 amide bonds. The van der Waals surface area contributed by atoms with Gasteiger partial charge < -0.3 is 10.6 Å². The van der Waals surface area contributed by atoms with Crippen LogP contribution in [0.4, 0.5) is 5.69 Å². The number of hydrogen-bond donors (Lipinski definition) is 2. The summed E-state index contributed by atoms with van der Waals surface area (Å²) < 4.78 is 0. The third-order valence-corrected chi connectivity index (χ3v) is 3.86. The highest BCUT2D eigenvalue weighted by molar-refractivity contribution is 5.97. The molecule has 0 aliphatic heterocycles. The second-order valence-electron chi connectivity index (χ2n) is 6.87. The summed E-state index contributed by atoms with van der Waals surface area (Å²) in [7, 11) is 1.77. The van der Waals surface area contributed by atoms with Crippen LogP contribution in [-0.2, 0) is 0 Å². The van der Waals surface area contributed by atoms with Crippen molar-refractivity contribution in [3.05, 3.63) is 17.7 Å². The predicted octanol–water partition coefficient (Wildman–Crippen LogP) is 3.05. The van der Waals surface area contributed by atoms with Gasteiger partial charge in [0.2, 0.25) is 0 Å². The van der Waals surface area contributed by atoms with Crippen LogP contribution in [0.1, 0.15) is 63.8 Å². The molecule has 118 valence electrons. The van der Waals surface area contributed by atoms with E-state index in [0.29, 0.717) is 29.7 Å². The molecule has 0 aromatic carbocycles. The van der Waals surface area contributed by atoms with E-state index >= 15 is 0 Å². The molecule has 1 rings (SSSR count). The van der Waals surface area contributed by atoms with Gasteiger partial charge in [0.15, 0.2) is 5.69 Å². The van der Waals surface area contributed by atoms with Gasteiger partial charge in [0.1, 0.15) is 5.82 Å². The van der Waals surface area contributed by atoms with Crippen LogP contribution in [0.5, 0.6) is 0 Å². The van der Waals surface area contributed by atoms with Crippen LogP contribution < -0.4 is 10.6 Å². The standard InChI is InChI=1S/C16H28N4O/c1-10(2)14-18-9-12(17-7)13(20-14)15(21)19-8-11(3)16(4,5)6/h9-11,17H,8H2,1-7H3,(H,19,21). The first-order chi connectivity index (χ1) is 9.66. The minimum atomic E-state index is -0.153. The Balaban J connectivity index is 2.88. The number of rotatable bonds is 5. The third kappa shape index (κ3) is 4.69. The molecule has 1 aromatic heterocycles. The smallest absolute Gasteiger partial charge is 0.272 e. The Bertz CT molecular complexity index is 492. The van der Waals surface area contributed by atoms with Crippen molar-refractivity contribution in [2.75, 3.05) is 18.9 Å². The van der Waals surface area contributed by atoms with Gasteiger partial charge in [-0.25, -0.2) is 9.97 Å². The maximum absolute atomic E-state index is 12.4. The van der Waals surface area contributed by atoms with Crippen molar-refractivity contribution < 1.29 is 4.79 Å². The number of aromatic nitrogens is 2. The molecule has 1 heterocycles. The average Bonchev–Trinajstić information content (AvgIpc) is 2.42. The fourth-order valence-corrected chi connectivity index (χ4v) is 1.67. The molecule has 2 N–H and O–H groups in total. The highest BCUT2D eigenvalue weighted by Crippen LogP contribution is 2.24. The summed E-state index contributed by atoms with van der Waals surface area (Å²) in [6, 6.07) is 0. The van der Waals surface area contributed by atoms with Gasteiger partial charge in [-0.2, -0.15) is 0 Å². The van der Waals surface area contributed by atoms with E-state index in [1.54, 1.807) is 13.2 Å². The van der Waals surface area contributed by atoms with Crippen molar-refractivity contribution in [2.45, 2.75) is 47.5 Å². The summed E-state index contributed by atoms with van der Waals surface area (Å²) in [4.78, 5) is 21.1. The Kier molecular flexibility index (Phi) is 5.70. The summed E-state index contributed by atoms with van der Waals surface area (Å²) in [5.74, 6) is 1.10. The minimum Gasteiger partial charge on any atom is -0.385 e. The average molecular weight is 292 g/mol. The largest absolute Gasteiger partial charge is 0.385 e. The van der Waals surface area contributed by atoms with Gasteiger partial charge in [0, 0.05) is 19.5 Å². The van der Waals surface area contributed by atoms with E-state index < -0.39 is 0 Å². The zero-order chi connectivity index (χ0) is 16.2. The fraction of sp³-hybridized carbons (Fsp3) is 0.688. The summed E-state index contributed by atoms with van der Waals surface area (Å²) in [6.07, 6.45) is 1.67. The van der Waals surface area contributed by atoms with E-state index in [-0.39, 0.29) is 17.2 Å². The molecule has 0 saturated heterocycles. The number of nitrogens with zero attached hydrogens (tertiary/aromatic N) is 2.